The number of halogens is 2. The fourth-order valence-corrected chi connectivity index (χ4v) is 2.39. The summed E-state index contributed by atoms with van der Waals surface area (Å²) < 4.78 is 1.06. The van der Waals surface area contributed by atoms with Crippen LogP contribution in [-0.4, -0.2) is 19.4 Å². The van der Waals surface area contributed by atoms with Gasteiger partial charge in [0, 0.05) is 4.47 Å². The SMILES string of the molecule is Cl.O=CC1(c2ccc(Br)cc2)CCNCC1. The molecule has 0 bridgehead atoms. The van der Waals surface area contributed by atoms with Gasteiger partial charge in [-0.3, -0.25) is 0 Å². The van der Waals surface area contributed by atoms with E-state index in [1.54, 1.807) is 0 Å². The predicted molar refractivity (Wildman–Crippen MR) is 71.2 cm³/mol. The second kappa shape index (κ2) is 5.80. The van der Waals surface area contributed by atoms with Gasteiger partial charge in [0.1, 0.15) is 6.29 Å². The molecule has 2 nitrogen and oxygen atoms in total. The normalized spacial score (nSPS) is 18.6. The summed E-state index contributed by atoms with van der Waals surface area (Å²) >= 11 is 3.41. The minimum atomic E-state index is -0.258. The molecule has 0 spiro atoms. The Hall–Kier alpha value is -0.380. The molecule has 2 rings (SSSR count). The Morgan fingerprint density at radius 1 is 1.19 bits per heavy atom. The number of hydrogen-bond donors (Lipinski definition) is 1. The van der Waals surface area contributed by atoms with Crippen LogP contribution in [-0.2, 0) is 10.2 Å². The second-order valence-electron chi connectivity index (χ2n) is 4.03. The van der Waals surface area contributed by atoms with Crippen molar-refractivity contribution in [2.45, 2.75) is 18.3 Å². The van der Waals surface area contributed by atoms with Crippen molar-refractivity contribution in [1.82, 2.24) is 5.32 Å². The standard InChI is InChI=1S/C12H14BrNO.ClH/c13-11-3-1-10(2-4-11)12(9-15)5-7-14-8-6-12;/h1-4,9,14H,5-8H2;1H. The number of carbonyl (C=O) groups excluding carboxylic acids is 1. The van der Waals surface area contributed by atoms with Crippen LogP contribution in [0.2, 0.25) is 0 Å². The molecule has 1 aromatic rings. The van der Waals surface area contributed by atoms with Crippen LogP contribution in [0.4, 0.5) is 0 Å². The van der Waals surface area contributed by atoms with Gasteiger partial charge in [0.2, 0.25) is 0 Å². The molecule has 0 unspecified atom stereocenters. The van der Waals surface area contributed by atoms with Crippen molar-refractivity contribution in [2.75, 3.05) is 13.1 Å². The molecule has 0 radical (unpaired) electrons. The number of benzene rings is 1. The Bertz CT molecular complexity index is 347. The highest BCUT2D eigenvalue weighted by Crippen LogP contribution is 2.31. The largest absolute Gasteiger partial charge is 0.317 e. The van der Waals surface area contributed by atoms with Crippen molar-refractivity contribution in [3.05, 3.63) is 34.3 Å². The Kier molecular flexibility index (Phi) is 4.96. The summed E-state index contributed by atoms with van der Waals surface area (Å²) in [6.45, 7) is 1.85. The molecule has 1 aliphatic rings. The molecular formula is C12H15BrClNO. The third-order valence-corrected chi connectivity index (χ3v) is 3.67. The monoisotopic (exact) mass is 303 g/mol. The molecule has 0 aromatic heterocycles. The first-order chi connectivity index (χ1) is 7.27. The van der Waals surface area contributed by atoms with Gasteiger partial charge < -0.3 is 10.1 Å². The zero-order valence-electron chi connectivity index (χ0n) is 8.91. The summed E-state index contributed by atoms with van der Waals surface area (Å²) in [6, 6.07) is 8.10. The Balaban J connectivity index is 0.00000128. The molecule has 1 heterocycles. The van der Waals surface area contributed by atoms with Crippen LogP contribution in [0.25, 0.3) is 0 Å². The van der Waals surface area contributed by atoms with Gasteiger partial charge in [-0.15, -0.1) is 12.4 Å². The maximum atomic E-state index is 11.3. The molecule has 1 fully saturated rings. The molecule has 16 heavy (non-hydrogen) atoms. The van der Waals surface area contributed by atoms with E-state index in [9.17, 15) is 4.79 Å². The van der Waals surface area contributed by atoms with E-state index in [1.165, 1.54) is 0 Å². The van der Waals surface area contributed by atoms with E-state index in [2.05, 4.69) is 21.2 Å². The zero-order chi connectivity index (χ0) is 10.7. The maximum absolute atomic E-state index is 11.3. The zero-order valence-corrected chi connectivity index (χ0v) is 11.3. The highest BCUT2D eigenvalue weighted by atomic mass is 79.9. The summed E-state index contributed by atoms with van der Waals surface area (Å²) in [4.78, 5) is 11.3. The minimum Gasteiger partial charge on any atom is -0.317 e. The first kappa shape index (κ1) is 13.7. The highest BCUT2D eigenvalue weighted by Gasteiger charge is 2.33. The smallest absolute Gasteiger partial charge is 0.130 e. The van der Waals surface area contributed by atoms with Crippen LogP contribution < -0.4 is 5.32 Å². The van der Waals surface area contributed by atoms with Crippen LogP contribution in [0, 0.1) is 0 Å². The first-order valence-electron chi connectivity index (χ1n) is 5.20. The van der Waals surface area contributed by atoms with Crippen molar-refractivity contribution in [3.8, 4) is 0 Å². The van der Waals surface area contributed by atoms with Crippen LogP contribution in [0.1, 0.15) is 18.4 Å². The Morgan fingerprint density at radius 2 is 1.75 bits per heavy atom. The van der Waals surface area contributed by atoms with Crippen molar-refractivity contribution in [1.29, 1.82) is 0 Å². The van der Waals surface area contributed by atoms with Crippen LogP contribution in [0.3, 0.4) is 0 Å². The molecule has 1 saturated heterocycles. The van der Waals surface area contributed by atoms with Gasteiger partial charge in [-0.25, -0.2) is 0 Å². The number of rotatable bonds is 2. The lowest BCUT2D eigenvalue weighted by atomic mass is 9.74. The van der Waals surface area contributed by atoms with Gasteiger partial charge in [0.05, 0.1) is 5.41 Å². The lowest BCUT2D eigenvalue weighted by Gasteiger charge is -2.33. The lowest BCUT2D eigenvalue weighted by molar-refractivity contribution is -0.113. The van der Waals surface area contributed by atoms with Gasteiger partial charge in [-0.05, 0) is 43.6 Å². The number of carbonyl (C=O) groups is 1. The molecular weight excluding hydrogens is 289 g/mol. The molecule has 0 amide bonds. The fraction of sp³-hybridized carbons (Fsp3) is 0.417. The number of hydrogen-bond acceptors (Lipinski definition) is 2. The van der Waals surface area contributed by atoms with Gasteiger partial charge in [0.25, 0.3) is 0 Å². The summed E-state index contributed by atoms with van der Waals surface area (Å²) in [5.74, 6) is 0. The third kappa shape index (κ3) is 2.65. The average molecular weight is 305 g/mol. The Labute approximate surface area is 110 Å². The lowest BCUT2D eigenvalue weighted by Crippen LogP contribution is -2.41. The quantitative estimate of drug-likeness (QED) is 0.851. The van der Waals surface area contributed by atoms with Crippen molar-refractivity contribution in [2.24, 2.45) is 0 Å². The number of piperidine rings is 1. The molecule has 0 saturated carbocycles. The van der Waals surface area contributed by atoms with Gasteiger partial charge in [0.15, 0.2) is 0 Å². The number of aldehydes is 1. The van der Waals surface area contributed by atoms with Gasteiger partial charge >= 0.3 is 0 Å². The molecule has 0 aliphatic carbocycles. The molecule has 1 aliphatic heterocycles. The molecule has 88 valence electrons. The van der Waals surface area contributed by atoms with Crippen molar-refractivity contribution < 1.29 is 4.79 Å². The van der Waals surface area contributed by atoms with Crippen molar-refractivity contribution in [3.63, 3.8) is 0 Å². The first-order valence-corrected chi connectivity index (χ1v) is 5.99. The molecule has 4 heteroatoms. The summed E-state index contributed by atoms with van der Waals surface area (Å²) in [5.41, 5.74) is 0.883. The summed E-state index contributed by atoms with van der Waals surface area (Å²) in [7, 11) is 0. The maximum Gasteiger partial charge on any atom is 0.130 e. The van der Waals surface area contributed by atoms with Crippen molar-refractivity contribution >= 4 is 34.6 Å². The van der Waals surface area contributed by atoms with E-state index in [1.807, 2.05) is 24.3 Å². The molecule has 1 aromatic carbocycles. The van der Waals surface area contributed by atoms with Gasteiger partial charge in [-0.2, -0.15) is 0 Å². The van der Waals surface area contributed by atoms with Crippen LogP contribution in [0.5, 0.6) is 0 Å². The van der Waals surface area contributed by atoms with Crippen LogP contribution in [0.15, 0.2) is 28.7 Å². The van der Waals surface area contributed by atoms with E-state index < -0.39 is 0 Å². The van der Waals surface area contributed by atoms with Crippen LogP contribution >= 0.6 is 28.3 Å². The van der Waals surface area contributed by atoms with E-state index in [0.717, 1.165) is 42.3 Å². The van der Waals surface area contributed by atoms with E-state index >= 15 is 0 Å². The molecule has 0 atom stereocenters. The van der Waals surface area contributed by atoms with E-state index in [4.69, 9.17) is 0 Å². The average Bonchev–Trinajstić information content (AvgIpc) is 2.31. The minimum absolute atomic E-state index is 0. The topological polar surface area (TPSA) is 29.1 Å². The fourth-order valence-electron chi connectivity index (χ4n) is 2.13. The highest BCUT2D eigenvalue weighted by molar-refractivity contribution is 9.10. The van der Waals surface area contributed by atoms with Gasteiger partial charge in [-0.1, -0.05) is 28.1 Å². The predicted octanol–water partition coefficient (Wildman–Crippen LogP) is 2.69. The number of nitrogens with one attached hydrogen (secondary N) is 1. The van der Waals surface area contributed by atoms with E-state index in [-0.39, 0.29) is 17.8 Å². The Morgan fingerprint density at radius 3 is 2.25 bits per heavy atom. The summed E-state index contributed by atoms with van der Waals surface area (Å²) in [6.07, 6.45) is 2.92. The third-order valence-electron chi connectivity index (χ3n) is 3.14. The second-order valence-corrected chi connectivity index (χ2v) is 4.95. The van der Waals surface area contributed by atoms with E-state index in [0.29, 0.717) is 0 Å². The molecule has 1 N–H and O–H groups in total. The summed E-state index contributed by atoms with van der Waals surface area (Å²) in [5, 5.41) is 3.29.